The van der Waals surface area contributed by atoms with Crippen LogP contribution in [0.5, 0.6) is 0 Å². The van der Waals surface area contributed by atoms with Gasteiger partial charge in [0.2, 0.25) is 0 Å². The summed E-state index contributed by atoms with van der Waals surface area (Å²) in [5, 5.41) is 0. The topological polar surface area (TPSA) is 20.3 Å². The second-order valence-corrected chi connectivity index (χ2v) is 5.02. The minimum atomic E-state index is 0.114. The van der Waals surface area contributed by atoms with Gasteiger partial charge in [0.05, 0.1) is 11.7 Å². The fraction of sp³-hybridized carbons (Fsp3) is 0.118. The average Bonchev–Trinajstić information content (AvgIpc) is 2.47. The molecule has 92 valence electrons. The minimum Gasteiger partial charge on any atom is -0.301 e. The molecule has 0 bridgehead atoms. The zero-order chi connectivity index (χ0) is 12.8. The van der Waals surface area contributed by atoms with Gasteiger partial charge in [0.25, 0.3) is 5.91 Å². The van der Waals surface area contributed by atoms with Crippen molar-refractivity contribution in [2.45, 2.75) is 12.5 Å². The van der Waals surface area contributed by atoms with Gasteiger partial charge in [-0.2, -0.15) is 0 Å². The lowest BCUT2D eigenvalue weighted by atomic mass is 9.89. The molecule has 0 fully saturated rings. The zero-order valence-corrected chi connectivity index (χ0v) is 10.4. The maximum absolute atomic E-state index is 12.7. The van der Waals surface area contributed by atoms with Gasteiger partial charge in [-0.25, -0.2) is 0 Å². The van der Waals surface area contributed by atoms with E-state index in [1.165, 1.54) is 0 Å². The first-order chi connectivity index (χ1) is 9.34. The van der Waals surface area contributed by atoms with Crippen molar-refractivity contribution in [1.29, 1.82) is 0 Å². The number of hydrogen-bond acceptors (Lipinski definition) is 1. The molecule has 19 heavy (non-hydrogen) atoms. The van der Waals surface area contributed by atoms with Crippen LogP contribution in [0.3, 0.4) is 0 Å². The van der Waals surface area contributed by atoms with Crippen LogP contribution in [0.4, 0.5) is 5.69 Å². The second-order valence-electron chi connectivity index (χ2n) is 5.02. The van der Waals surface area contributed by atoms with Crippen molar-refractivity contribution in [3.63, 3.8) is 0 Å². The highest BCUT2D eigenvalue weighted by Crippen LogP contribution is 2.35. The normalized spacial score (nSPS) is 19.7. The van der Waals surface area contributed by atoms with Crippen LogP contribution in [0.1, 0.15) is 21.5 Å². The molecule has 0 saturated carbocycles. The molecule has 1 amide bonds. The first-order valence-electron chi connectivity index (χ1n) is 6.53. The molecule has 0 N–H and O–H groups in total. The van der Waals surface area contributed by atoms with E-state index in [1.54, 1.807) is 0 Å². The molecule has 2 aromatic carbocycles. The molecule has 1 atom stereocenters. The maximum Gasteiger partial charge on any atom is 0.259 e. The average molecular weight is 247 g/mol. The highest BCUT2D eigenvalue weighted by atomic mass is 16.2. The molecule has 2 aliphatic heterocycles. The van der Waals surface area contributed by atoms with Gasteiger partial charge in [-0.05, 0) is 29.7 Å². The Morgan fingerprint density at radius 3 is 2.74 bits per heavy atom. The smallest absolute Gasteiger partial charge is 0.259 e. The number of fused-ring (bicyclic) bond motifs is 4. The highest BCUT2D eigenvalue weighted by molar-refractivity contribution is 6.10. The van der Waals surface area contributed by atoms with E-state index < -0.39 is 0 Å². The predicted octanol–water partition coefficient (Wildman–Crippen LogP) is 3.28. The number of anilines is 1. The van der Waals surface area contributed by atoms with Crippen LogP contribution >= 0.6 is 0 Å². The van der Waals surface area contributed by atoms with Gasteiger partial charge in [-0.3, -0.25) is 4.79 Å². The lowest BCUT2D eigenvalue weighted by molar-refractivity contribution is 0.0972. The lowest BCUT2D eigenvalue weighted by Crippen LogP contribution is -2.46. The molecule has 4 rings (SSSR count). The van der Waals surface area contributed by atoms with E-state index in [4.69, 9.17) is 0 Å². The Hall–Kier alpha value is -2.35. The highest BCUT2D eigenvalue weighted by Gasteiger charge is 2.34. The van der Waals surface area contributed by atoms with Crippen molar-refractivity contribution in [2.75, 3.05) is 4.90 Å². The van der Waals surface area contributed by atoms with Crippen LogP contribution in [-0.2, 0) is 6.42 Å². The van der Waals surface area contributed by atoms with Gasteiger partial charge in [0, 0.05) is 5.56 Å². The molecule has 2 aliphatic rings. The van der Waals surface area contributed by atoms with E-state index in [-0.39, 0.29) is 11.9 Å². The molecular weight excluding hydrogens is 234 g/mol. The number of carbonyl (C=O) groups is 1. The van der Waals surface area contributed by atoms with Crippen molar-refractivity contribution >= 4 is 17.7 Å². The number of amides is 1. The van der Waals surface area contributed by atoms with E-state index >= 15 is 0 Å². The van der Waals surface area contributed by atoms with Crippen LogP contribution in [0.2, 0.25) is 0 Å². The standard InChI is InChI=1S/C17H13NO/c19-17-15-7-3-1-6-13(15)11-14-10-9-12-5-2-4-8-16(12)18(14)17/h1-10,14H,11H2. The van der Waals surface area contributed by atoms with Crippen molar-refractivity contribution < 1.29 is 4.79 Å². The fourth-order valence-corrected chi connectivity index (χ4v) is 3.01. The first kappa shape index (κ1) is 10.6. The Balaban J connectivity index is 1.90. The second kappa shape index (κ2) is 3.82. The van der Waals surface area contributed by atoms with E-state index in [1.807, 2.05) is 41.3 Å². The van der Waals surface area contributed by atoms with Crippen LogP contribution in [0.15, 0.2) is 54.6 Å². The van der Waals surface area contributed by atoms with E-state index in [9.17, 15) is 4.79 Å². The number of benzene rings is 2. The number of nitrogens with zero attached hydrogens (tertiary/aromatic N) is 1. The van der Waals surface area contributed by atoms with Crippen LogP contribution in [0, 0.1) is 0 Å². The molecule has 2 aromatic rings. The quantitative estimate of drug-likeness (QED) is 0.699. The first-order valence-corrected chi connectivity index (χ1v) is 6.53. The molecule has 2 heterocycles. The third-order valence-electron chi connectivity index (χ3n) is 3.92. The summed E-state index contributed by atoms with van der Waals surface area (Å²) in [7, 11) is 0. The largest absolute Gasteiger partial charge is 0.301 e. The Morgan fingerprint density at radius 2 is 1.79 bits per heavy atom. The fourth-order valence-electron chi connectivity index (χ4n) is 3.01. The number of para-hydroxylation sites is 1. The van der Waals surface area contributed by atoms with Crippen molar-refractivity contribution in [1.82, 2.24) is 0 Å². The van der Waals surface area contributed by atoms with Crippen LogP contribution in [-0.4, -0.2) is 11.9 Å². The Bertz CT molecular complexity index is 702. The zero-order valence-electron chi connectivity index (χ0n) is 10.4. The van der Waals surface area contributed by atoms with E-state index in [0.717, 1.165) is 28.8 Å². The third-order valence-corrected chi connectivity index (χ3v) is 3.92. The van der Waals surface area contributed by atoms with Gasteiger partial charge >= 0.3 is 0 Å². The number of carbonyl (C=O) groups excluding carboxylic acids is 1. The van der Waals surface area contributed by atoms with Crippen LogP contribution in [0.25, 0.3) is 6.08 Å². The minimum absolute atomic E-state index is 0.114. The number of rotatable bonds is 0. The third kappa shape index (κ3) is 1.46. The lowest BCUT2D eigenvalue weighted by Gasteiger charge is -2.38. The Kier molecular flexibility index (Phi) is 2.12. The summed E-state index contributed by atoms with van der Waals surface area (Å²) in [5.41, 5.74) is 4.13. The van der Waals surface area contributed by atoms with Gasteiger partial charge in [-0.15, -0.1) is 0 Å². The van der Waals surface area contributed by atoms with Crippen molar-refractivity contribution in [3.8, 4) is 0 Å². The van der Waals surface area contributed by atoms with Gasteiger partial charge in [-0.1, -0.05) is 48.6 Å². The predicted molar refractivity (Wildman–Crippen MR) is 76.2 cm³/mol. The summed E-state index contributed by atoms with van der Waals surface area (Å²) in [5.74, 6) is 0.114. The van der Waals surface area contributed by atoms with Crippen molar-refractivity contribution in [3.05, 3.63) is 71.3 Å². The summed E-state index contributed by atoms with van der Waals surface area (Å²) in [6, 6.07) is 16.1. The maximum atomic E-state index is 12.7. The molecule has 0 aromatic heterocycles. The van der Waals surface area contributed by atoms with E-state index in [2.05, 4.69) is 24.3 Å². The molecule has 2 heteroatoms. The van der Waals surface area contributed by atoms with Crippen LogP contribution < -0.4 is 4.90 Å². The molecule has 0 radical (unpaired) electrons. The molecule has 2 nitrogen and oxygen atoms in total. The summed E-state index contributed by atoms with van der Waals surface area (Å²) < 4.78 is 0. The monoisotopic (exact) mass is 247 g/mol. The number of hydrogen-bond donors (Lipinski definition) is 0. The van der Waals surface area contributed by atoms with Gasteiger partial charge in [0.1, 0.15) is 0 Å². The van der Waals surface area contributed by atoms with Crippen molar-refractivity contribution in [2.24, 2.45) is 0 Å². The molecule has 0 spiro atoms. The summed E-state index contributed by atoms with van der Waals surface area (Å²) in [6.45, 7) is 0. The Morgan fingerprint density at radius 1 is 1.00 bits per heavy atom. The molecule has 1 unspecified atom stereocenters. The SMILES string of the molecule is O=C1c2ccccc2CC2C=Cc3ccccc3N12. The summed E-state index contributed by atoms with van der Waals surface area (Å²) in [4.78, 5) is 14.6. The molecule has 0 saturated heterocycles. The molecule has 0 aliphatic carbocycles. The van der Waals surface area contributed by atoms with E-state index in [0.29, 0.717) is 0 Å². The summed E-state index contributed by atoms with van der Waals surface area (Å²) in [6.07, 6.45) is 5.15. The van der Waals surface area contributed by atoms with Gasteiger partial charge < -0.3 is 4.90 Å². The summed E-state index contributed by atoms with van der Waals surface area (Å²) >= 11 is 0. The van der Waals surface area contributed by atoms with Gasteiger partial charge in [0.15, 0.2) is 0 Å². The Labute approximate surface area is 112 Å². The molecular formula is C17H13NO.